The molecule has 0 atom stereocenters. The summed E-state index contributed by atoms with van der Waals surface area (Å²) in [6, 6.07) is 2.91. The van der Waals surface area contributed by atoms with Gasteiger partial charge in [-0.05, 0) is 18.6 Å². The van der Waals surface area contributed by atoms with Crippen molar-refractivity contribution in [3.05, 3.63) is 45.4 Å². The molecule has 0 unspecified atom stereocenters. The van der Waals surface area contributed by atoms with Crippen LogP contribution in [0.15, 0.2) is 24.5 Å². The van der Waals surface area contributed by atoms with Crippen molar-refractivity contribution in [2.75, 3.05) is 13.2 Å². The van der Waals surface area contributed by atoms with Crippen LogP contribution in [0.1, 0.15) is 19.2 Å². The van der Waals surface area contributed by atoms with Crippen LogP contribution >= 0.6 is 34.8 Å². The first-order valence-corrected chi connectivity index (χ1v) is 8.24. The molecule has 1 heterocycles. The number of aromatic nitrogens is 2. The number of hydrogen-bond acceptors (Lipinski definition) is 3. The van der Waals surface area contributed by atoms with Crippen molar-refractivity contribution in [2.24, 2.45) is 0 Å². The molecule has 1 aromatic carbocycles. The van der Waals surface area contributed by atoms with Crippen molar-refractivity contribution >= 4 is 40.8 Å². The van der Waals surface area contributed by atoms with Crippen LogP contribution in [0.2, 0.25) is 15.1 Å². The zero-order valence-corrected chi connectivity index (χ0v) is 14.8. The van der Waals surface area contributed by atoms with E-state index >= 15 is 0 Å². The monoisotopic (exact) mass is 375 g/mol. The number of nitrogens with one attached hydrogen (secondary N) is 1. The van der Waals surface area contributed by atoms with E-state index in [1.165, 1.54) is 4.57 Å². The van der Waals surface area contributed by atoms with E-state index in [0.717, 1.165) is 6.42 Å². The number of carbonyl (C=O) groups excluding carboxylic acids is 1. The lowest BCUT2D eigenvalue weighted by Gasteiger charge is -2.11. The summed E-state index contributed by atoms with van der Waals surface area (Å²) in [5.41, 5.74) is 0. The zero-order chi connectivity index (χ0) is 16.8. The van der Waals surface area contributed by atoms with E-state index < -0.39 is 0 Å². The van der Waals surface area contributed by atoms with Crippen LogP contribution in [-0.2, 0) is 6.42 Å². The van der Waals surface area contributed by atoms with E-state index in [1.807, 2.05) is 6.92 Å². The lowest BCUT2D eigenvalue weighted by Crippen LogP contribution is -2.30. The van der Waals surface area contributed by atoms with Crippen molar-refractivity contribution in [3.63, 3.8) is 0 Å². The highest BCUT2D eigenvalue weighted by atomic mass is 35.5. The van der Waals surface area contributed by atoms with E-state index in [4.69, 9.17) is 39.5 Å². The second kappa shape index (κ2) is 8.43. The van der Waals surface area contributed by atoms with Crippen molar-refractivity contribution in [2.45, 2.75) is 19.8 Å². The molecule has 0 aliphatic heterocycles. The Hall–Kier alpha value is -1.43. The molecule has 0 aliphatic rings. The van der Waals surface area contributed by atoms with Crippen LogP contribution in [0, 0.1) is 0 Å². The van der Waals surface area contributed by atoms with Gasteiger partial charge in [-0.15, -0.1) is 0 Å². The molecule has 0 bridgehead atoms. The largest absolute Gasteiger partial charge is 0.490 e. The summed E-state index contributed by atoms with van der Waals surface area (Å²) in [4.78, 5) is 16.1. The minimum Gasteiger partial charge on any atom is -0.490 e. The average Bonchev–Trinajstić information content (AvgIpc) is 2.96. The molecule has 1 amide bonds. The second-order valence-corrected chi connectivity index (χ2v) is 5.99. The van der Waals surface area contributed by atoms with Gasteiger partial charge in [0.25, 0.3) is 0 Å². The topological polar surface area (TPSA) is 56.2 Å². The fourth-order valence-corrected chi connectivity index (χ4v) is 2.86. The number of imidazole rings is 1. The van der Waals surface area contributed by atoms with Gasteiger partial charge in [-0.2, -0.15) is 0 Å². The van der Waals surface area contributed by atoms with E-state index in [1.54, 1.807) is 24.5 Å². The van der Waals surface area contributed by atoms with Crippen molar-refractivity contribution in [1.29, 1.82) is 0 Å². The summed E-state index contributed by atoms with van der Waals surface area (Å²) in [5.74, 6) is 0.964. The minimum atomic E-state index is -0.207. The lowest BCUT2D eigenvalue weighted by molar-refractivity contribution is 0.241. The number of benzene rings is 1. The van der Waals surface area contributed by atoms with Crippen LogP contribution in [-0.4, -0.2) is 28.7 Å². The Bertz CT molecular complexity index is 665. The number of hydrogen-bond donors (Lipinski definition) is 1. The summed E-state index contributed by atoms with van der Waals surface area (Å²) >= 11 is 18.0. The number of nitrogens with zero attached hydrogens (tertiary/aromatic N) is 2. The maximum atomic E-state index is 12.0. The fraction of sp³-hybridized carbons (Fsp3) is 0.333. The van der Waals surface area contributed by atoms with E-state index in [2.05, 4.69) is 10.3 Å². The molecule has 0 aliphatic carbocycles. The van der Waals surface area contributed by atoms with E-state index in [9.17, 15) is 4.79 Å². The highest BCUT2D eigenvalue weighted by Crippen LogP contribution is 2.35. The highest BCUT2D eigenvalue weighted by Gasteiger charge is 2.12. The predicted molar refractivity (Wildman–Crippen MR) is 92.0 cm³/mol. The zero-order valence-electron chi connectivity index (χ0n) is 12.5. The summed E-state index contributed by atoms with van der Waals surface area (Å²) in [6.45, 7) is 2.88. The molecular formula is C15H16Cl3N3O2. The Morgan fingerprint density at radius 1 is 1.30 bits per heavy atom. The lowest BCUT2D eigenvalue weighted by atomic mass is 10.3. The van der Waals surface area contributed by atoms with Gasteiger partial charge in [0.15, 0.2) is 5.75 Å². The molecule has 5 nitrogen and oxygen atoms in total. The Labute approximate surface area is 149 Å². The number of halogens is 3. The summed E-state index contributed by atoms with van der Waals surface area (Å²) < 4.78 is 7.07. The molecule has 8 heteroatoms. The molecular weight excluding hydrogens is 361 g/mol. The number of carbonyl (C=O) groups is 1. The molecule has 0 spiro atoms. The summed E-state index contributed by atoms with van der Waals surface area (Å²) in [6.07, 6.45) is 4.49. The third-order valence-corrected chi connectivity index (χ3v) is 3.78. The molecule has 2 rings (SSSR count). The van der Waals surface area contributed by atoms with Gasteiger partial charge in [0.1, 0.15) is 5.82 Å². The van der Waals surface area contributed by atoms with E-state index in [0.29, 0.717) is 39.6 Å². The number of ether oxygens (including phenoxy) is 1. The number of amides is 1. The second-order valence-electron chi connectivity index (χ2n) is 4.74. The SMILES string of the molecule is CCCNC(=O)n1ccnc1CCOc1c(Cl)cc(Cl)cc1Cl. The van der Waals surface area contributed by atoms with Gasteiger partial charge >= 0.3 is 6.03 Å². The molecule has 0 saturated carbocycles. The van der Waals surface area contributed by atoms with Crippen molar-refractivity contribution in [3.8, 4) is 5.75 Å². The van der Waals surface area contributed by atoms with Gasteiger partial charge in [0.05, 0.1) is 16.7 Å². The third-order valence-electron chi connectivity index (χ3n) is 3.00. The highest BCUT2D eigenvalue weighted by molar-refractivity contribution is 6.40. The maximum absolute atomic E-state index is 12.0. The molecule has 2 aromatic rings. The van der Waals surface area contributed by atoms with Gasteiger partial charge in [-0.1, -0.05) is 41.7 Å². The summed E-state index contributed by atoms with van der Waals surface area (Å²) in [7, 11) is 0. The van der Waals surface area contributed by atoms with Gasteiger partial charge in [0, 0.05) is 30.4 Å². The third kappa shape index (κ3) is 4.77. The Morgan fingerprint density at radius 3 is 2.65 bits per heavy atom. The van der Waals surface area contributed by atoms with Gasteiger partial charge in [-0.25, -0.2) is 9.78 Å². The van der Waals surface area contributed by atoms with Crippen LogP contribution in [0.25, 0.3) is 0 Å². The molecule has 124 valence electrons. The van der Waals surface area contributed by atoms with Gasteiger partial charge in [-0.3, -0.25) is 4.57 Å². The Balaban J connectivity index is 1.98. The quantitative estimate of drug-likeness (QED) is 0.811. The Morgan fingerprint density at radius 2 is 2.00 bits per heavy atom. The number of rotatable bonds is 6. The van der Waals surface area contributed by atoms with Gasteiger partial charge < -0.3 is 10.1 Å². The van der Waals surface area contributed by atoms with E-state index in [-0.39, 0.29) is 12.6 Å². The molecule has 23 heavy (non-hydrogen) atoms. The first kappa shape index (κ1) is 17.9. The normalized spacial score (nSPS) is 10.6. The Kier molecular flexibility index (Phi) is 6.57. The molecule has 1 N–H and O–H groups in total. The smallest absolute Gasteiger partial charge is 0.327 e. The average molecular weight is 377 g/mol. The molecule has 0 radical (unpaired) electrons. The van der Waals surface area contributed by atoms with Crippen LogP contribution in [0.5, 0.6) is 5.75 Å². The van der Waals surface area contributed by atoms with Crippen LogP contribution in [0.3, 0.4) is 0 Å². The predicted octanol–water partition coefficient (Wildman–Crippen LogP) is 4.43. The molecule has 0 fully saturated rings. The minimum absolute atomic E-state index is 0.207. The van der Waals surface area contributed by atoms with Crippen LogP contribution < -0.4 is 10.1 Å². The van der Waals surface area contributed by atoms with Crippen LogP contribution in [0.4, 0.5) is 4.79 Å². The standard InChI is InChI=1S/C15H16Cl3N3O2/c1-2-4-20-15(22)21-6-5-19-13(21)3-7-23-14-11(17)8-10(16)9-12(14)18/h5-6,8-9H,2-4,7H2,1H3,(H,20,22). The first-order valence-electron chi connectivity index (χ1n) is 7.10. The molecule has 0 saturated heterocycles. The van der Waals surface area contributed by atoms with Crippen molar-refractivity contribution < 1.29 is 9.53 Å². The summed E-state index contributed by atoms with van der Waals surface area (Å²) in [5, 5.41) is 3.91. The van der Waals surface area contributed by atoms with Gasteiger partial charge in [0.2, 0.25) is 0 Å². The molecule has 1 aromatic heterocycles. The first-order chi connectivity index (χ1) is 11.0. The fourth-order valence-electron chi connectivity index (χ4n) is 1.93. The van der Waals surface area contributed by atoms with Crippen molar-refractivity contribution in [1.82, 2.24) is 14.9 Å². The maximum Gasteiger partial charge on any atom is 0.327 e.